The first-order valence-corrected chi connectivity index (χ1v) is 7.91. The van der Waals surface area contributed by atoms with Crippen molar-refractivity contribution in [1.82, 2.24) is 0 Å². The fraction of sp³-hybridized carbons (Fsp3) is 0.294. The molecule has 3 rings (SSSR count). The van der Waals surface area contributed by atoms with Crippen LogP contribution in [0.4, 0.5) is 0 Å². The van der Waals surface area contributed by atoms with E-state index in [2.05, 4.69) is 49.1 Å². The summed E-state index contributed by atoms with van der Waals surface area (Å²) in [4.78, 5) is 0. The lowest BCUT2D eigenvalue weighted by Crippen LogP contribution is -1.88. The molecule has 0 fully saturated rings. The van der Waals surface area contributed by atoms with Crippen LogP contribution in [0.25, 0.3) is 11.6 Å². The molecule has 0 aliphatic heterocycles. The molecular formula is C17H19P. The third-order valence-corrected chi connectivity index (χ3v) is 4.98. The minimum absolute atomic E-state index is 0.884. The predicted octanol–water partition coefficient (Wildman–Crippen LogP) is 5.16. The minimum Gasteiger partial charge on any atom is -0.132 e. The number of fused-ring (bicyclic) bond motifs is 1. The van der Waals surface area contributed by atoms with Crippen LogP contribution in [0, 0.1) is 0 Å². The molecule has 0 nitrogen and oxygen atoms in total. The molecule has 92 valence electrons. The zero-order valence-electron chi connectivity index (χ0n) is 10.9. The van der Waals surface area contributed by atoms with Gasteiger partial charge in [0, 0.05) is 0 Å². The van der Waals surface area contributed by atoms with Crippen molar-refractivity contribution in [2.45, 2.75) is 32.6 Å². The van der Waals surface area contributed by atoms with Crippen LogP contribution in [-0.4, -0.2) is 0 Å². The van der Waals surface area contributed by atoms with Gasteiger partial charge in [0.15, 0.2) is 0 Å². The van der Waals surface area contributed by atoms with Gasteiger partial charge in [-0.05, 0) is 52.6 Å². The van der Waals surface area contributed by atoms with Crippen molar-refractivity contribution in [2.75, 3.05) is 0 Å². The van der Waals surface area contributed by atoms with E-state index in [1.807, 2.05) is 0 Å². The maximum absolute atomic E-state index is 2.40. The van der Waals surface area contributed by atoms with Gasteiger partial charge in [-0.15, -0.1) is 8.19 Å². The lowest BCUT2D eigenvalue weighted by atomic mass is 10.0. The van der Waals surface area contributed by atoms with Crippen LogP contribution < -0.4 is 0 Å². The topological polar surface area (TPSA) is 0 Å². The van der Waals surface area contributed by atoms with Crippen LogP contribution in [0.3, 0.4) is 0 Å². The molecule has 0 saturated heterocycles. The molecule has 18 heavy (non-hydrogen) atoms. The number of unbranched alkanes of at least 4 members (excludes halogenated alkanes) is 1. The third kappa shape index (κ3) is 2.18. The number of hydrogen-bond acceptors (Lipinski definition) is 0. The fourth-order valence-electron chi connectivity index (χ4n) is 2.72. The Kier molecular flexibility index (Phi) is 3.39. The SMILES string of the molecule is CCCCc1cc[pH]c1C1=Cc2ccccc2C1. The summed E-state index contributed by atoms with van der Waals surface area (Å²) in [5, 5.41) is 1.62. The average Bonchev–Trinajstić information content (AvgIpc) is 3.01. The first-order valence-electron chi connectivity index (χ1n) is 6.83. The lowest BCUT2D eigenvalue weighted by molar-refractivity contribution is 0.796. The van der Waals surface area contributed by atoms with Gasteiger partial charge >= 0.3 is 0 Å². The molecule has 0 amide bonds. The van der Waals surface area contributed by atoms with Crippen molar-refractivity contribution in [3.8, 4) is 0 Å². The van der Waals surface area contributed by atoms with Gasteiger partial charge in [0.25, 0.3) is 0 Å². The van der Waals surface area contributed by atoms with Gasteiger partial charge in [-0.2, -0.15) is 0 Å². The highest BCUT2D eigenvalue weighted by molar-refractivity contribution is 7.31. The maximum Gasteiger partial charge on any atom is -0.00104 e. The smallest absolute Gasteiger partial charge is 0.00104 e. The van der Waals surface area contributed by atoms with Gasteiger partial charge < -0.3 is 0 Å². The van der Waals surface area contributed by atoms with Crippen LogP contribution >= 0.6 is 8.19 Å². The van der Waals surface area contributed by atoms with Gasteiger partial charge in [0.1, 0.15) is 0 Å². The van der Waals surface area contributed by atoms with Gasteiger partial charge in [-0.25, -0.2) is 0 Å². The number of hydrogen-bond donors (Lipinski definition) is 0. The maximum atomic E-state index is 2.40. The van der Waals surface area contributed by atoms with Gasteiger partial charge in [0.05, 0.1) is 0 Å². The van der Waals surface area contributed by atoms with E-state index in [0.29, 0.717) is 0 Å². The molecular weight excluding hydrogens is 235 g/mol. The molecule has 1 aromatic heterocycles. The lowest BCUT2D eigenvalue weighted by Gasteiger charge is -2.05. The summed E-state index contributed by atoms with van der Waals surface area (Å²) in [6.45, 7) is 2.27. The summed E-state index contributed by atoms with van der Waals surface area (Å²) in [7, 11) is 0.884. The summed E-state index contributed by atoms with van der Waals surface area (Å²) < 4.78 is 0. The molecule has 1 heterocycles. The number of aryl methyl sites for hydroxylation is 1. The van der Waals surface area contributed by atoms with Crippen molar-refractivity contribution in [3.63, 3.8) is 0 Å². The highest BCUT2D eigenvalue weighted by atomic mass is 31.0. The zero-order chi connectivity index (χ0) is 12.4. The molecule has 1 aliphatic carbocycles. The molecule has 2 aromatic rings. The summed E-state index contributed by atoms with van der Waals surface area (Å²) >= 11 is 0. The Labute approximate surface area is 111 Å². The van der Waals surface area contributed by atoms with Crippen molar-refractivity contribution in [2.24, 2.45) is 0 Å². The zero-order valence-corrected chi connectivity index (χ0v) is 11.9. The summed E-state index contributed by atoms with van der Waals surface area (Å²) in [5.41, 5.74) is 6.07. The molecule has 0 N–H and O–H groups in total. The van der Waals surface area contributed by atoms with Crippen LogP contribution in [0.5, 0.6) is 0 Å². The summed E-state index contributed by atoms with van der Waals surface area (Å²) in [5.74, 6) is 2.35. The Hall–Kier alpha value is -1.26. The molecule has 1 aromatic carbocycles. The monoisotopic (exact) mass is 254 g/mol. The highest BCUT2D eigenvalue weighted by Gasteiger charge is 2.15. The van der Waals surface area contributed by atoms with E-state index in [9.17, 15) is 0 Å². The largest absolute Gasteiger partial charge is 0.132 e. The Balaban J connectivity index is 1.88. The van der Waals surface area contributed by atoms with E-state index < -0.39 is 0 Å². The summed E-state index contributed by atoms with van der Waals surface area (Å²) in [6, 6.07) is 11.1. The number of allylic oxidation sites excluding steroid dienone is 1. The fourth-order valence-corrected chi connectivity index (χ4v) is 3.91. The Morgan fingerprint density at radius 1 is 1.17 bits per heavy atom. The van der Waals surface area contributed by atoms with Gasteiger partial charge in [-0.3, -0.25) is 0 Å². The van der Waals surface area contributed by atoms with E-state index in [4.69, 9.17) is 0 Å². The average molecular weight is 254 g/mol. The standard InChI is InChI=1S/C17H19P/c1-2-3-6-13-9-10-18-17(13)16-11-14-7-4-5-8-15(14)12-16/h4-5,7-11,18H,2-3,6,12H2,1H3. The third-order valence-electron chi connectivity index (χ3n) is 3.72. The van der Waals surface area contributed by atoms with Crippen LogP contribution in [-0.2, 0) is 12.8 Å². The Morgan fingerprint density at radius 2 is 2.06 bits per heavy atom. The molecule has 0 radical (unpaired) electrons. The first kappa shape index (κ1) is 11.8. The molecule has 0 saturated carbocycles. The van der Waals surface area contributed by atoms with Crippen molar-refractivity contribution in [1.29, 1.82) is 0 Å². The van der Waals surface area contributed by atoms with Crippen LogP contribution in [0.1, 0.15) is 41.8 Å². The summed E-state index contributed by atoms with van der Waals surface area (Å²) in [6.07, 6.45) is 7.39. The Bertz CT molecular complexity index is 575. The highest BCUT2D eigenvalue weighted by Crippen LogP contribution is 2.38. The molecule has 1 aliphatic rings. The van der Waals surface area contributed by atoms with E-state index >= 15 is 0 Å². The number of rotatable bonds is 4. The van der Waals surface area contributed by atoms with E-state index in [-0.39, 0.29) is 0 Å². The molecule has 1 heteroatoms. The molecule has 0 bridgehead atoms. The number of benzene rings is 1. The van der Waals surface area contributed by atoms with Crippen molar-refractivity contribution >= 4 is 19.8 Å². The van der Waals surface area contributed by atoms with Crippen LogP contribution in [0.2, 0.25) is 0 Å². The van der Waals surface area contributed by atoms with Crippen molar-refractivity contribution in [3.05, 3.63) is 58.1 Å². The molecule has 1 atom stereocenters. The molecule has 0 spiro atoms. The minimum atomic E-state index is 0.884. The second-order valence-corrected chi connectivity index (χ2v) is 6.15. The normalized spacial score (nSPS) is 13.9. The van der Waals surface area contributed by atoms with E-state index in [1.54, 1.807) is 16.4 Å². The van der Waals surface area contributed by atoms with E-state index in [0.717, 1.165) is 14.6 Å². The molecule has 1 unspecified atom stereocenters. The van der Waals surface area contributed by atoms with Crippen LogP contribution in [0.15, 0.2) is 36.1 Å². The predicted molar refractivity (Wildman–Crippen MR) is 82.6 cm³/mol. The second kappa shape index (κ2) is 5.16. The first-order chi connectivity index (χ1) is 8.88. The van der Waals surface area contributed by atoms with E-state index in [1.165, 1.54) is 30.4 Å². The second-order valence-electron chi connectivity index (χ2n) is 5.03. The van der Waals surface area contributed by atoms with Gasteiger partial charge in [-0.1, -0.05) is 49.8 Å². The Morgan fingerprint density at radius 3 is 2.89 bits per heavy atom. The van der Waals surface area contributed by atoms with Crippen molar-refractivity contribution < 1.29 is 0 Å². The quantitative estimate of drug-likeness (QED) is 0.707. The van der Waals surface area contributed by atoms with Gasteiger partial charge in [0.2, 0.25) is 0 Å².